The number of hydrogen-bond donors (Lipinski definition) is 1. The topological polar surface area (TPSA) is 26.0 Å². The molecule has 0 aromatic heterocycles. The summed E-state index contributed by atoms with van der Waals surface area (Å²) in [7, 11) is 0. The van der Waals surface area contributed by atoms with Gasteiger partial charge in [0.1, 0.15) is 13.1 Å². The van der Waals surface area contributed by atoms with Gasteiger partial charge in [-0.25, -0.2) is 0 Å². The average molecular weight is 350 g/mol. The predicted molar refractivity (Wildman–Crippen MR) is 97.5 cm³/mol. The fourth-order valence-corrected chi connectivity index (χ4v) is 4.17. The number of nitrogens with zero attached hydrogens (tertiary/aromatic N) is 1. The van der Waals surface area contributed by atoms with Gasteiger partial charge in [0.25, 0.3) is 0 Å². The van der Waals surface area contributed by atoms with Gasteiger partial charge in [0.2, 0.25) is 0 Å². The van der Waals surface area contributed by atoms with Crippen LogP contribution < -0.4 is 5.73 Å². The van der Waals surface area contributed by atoms with E-state index < -0.39 is 0 Å². The van der Waals surface area contributed by atoms with Crippen molar-refractivity contribution in [3.05, 3.63) is 69.7 Å². The van der Waals surface area contributed by atoms with Crippen LogP contribution in [0.2, 0.25) is 10.0 Å². The van der Waals surface area contributed by atoms with Crippen LogP contribution in [0.3, 0.4) is 0 Å². The number of likely N-dealkylation sites (tertiary alicyclic amines) is 1. The highest BCUT2D eigenvalue weighted by Crippen LogP contribution is 2.32. The highest BCUT2D eigenvalue weighted by atomic mass is 35.5. The molecule has 0 saturated carbocycles. The number of rotatable bonds is 5. The van der Waals surface area contributed by atoms with Crippen LogP contribution in [0.1, 0.15) is 17.5 Å². The first-order valence-electron chi connectivity index (χ1n) is 8.13. The Morgan fingerprint density at radius 1 is 1.04 bits per heavy atom. The van der Waals surface area contributed by atoms with Crippen molar-refractivity contribution >= 4 is 23.2 Å². The third-order valence-electron chi connectivity index (χ3n) is 4.87. The third kappa shape index (κ3) is 4.07. The maximum absolute atomic E-state index is 6.42. The van der Waals surface area contributed by atoms with Gasteiger partial charge in [0, 0.05) is 35.0 Å². The normalized spacial score (nSPS) is 24.0. The van der Waals surface area contributed by atoms with Gasteiger partial charge in [-0.1, -0.05) is 59.6 Å². The van der Waals surface area contributed by atoms with E-state index in [4.69, 9.17) is 28.9 Å². The first kappa shape index (κ1) is 16.8. The fourth-order valence-electron chi connectivity index (χ4n) is 3.70. The van der Waals surface area contributed by atoms with Crippen molar-refractivity contribution < 1.29 is 4.48 Å². The van der Waals surface area contributed by atoms with Crippen molar-refractivity contribution in [3.63, 3.8) is 0 Å². The Hall–Kier alpha value is -1.06. The van der Waals surface area contributed by atoms with Crippen molar-refractivity contribution in [2.75, 3.05) is 19.6 Å². The molecular formula is C19H23Cl2N2+. The molecule has 1 aliphatic rings. The number of hydrogen-bond acceptors (Lipinski definition) is 1. The first-order valence-corrected chi connectivity index (χ1v) is 8.89. The van der Waals surface area contributed by atoms with Crippen molar-refractivity contribution in [1.29, 1.82) is 0 Å². The second-order valence-corrected chi connectivity index (χ2v) is 7.52. The average Bonchev–Trinajstić information content (AvgIpc) is 2.94. The van der Waals surface area contributed by atoms with E-state index in [1.165, 1.54) is 17.5 Å². The zero-order valence-corrected chi connectivity index (χ0v) is 14.7. The fraction of sp³-hybridized carbons (Fsp3) is 0.368. The largest absolute Gasteiger partial charge is 0.330 e. The van der Waals surface area contributed by atoms with Gasteiger partial charge in [-0.3, -0.25) is 0 Å². The lowest BCUT2D eigenvalue weighted by molar-refractivity contribution is -0.943. The Morgan fingerprint density at radius 3 is 2.48 bits per heavy atom. The molecule has 2 atom stereocenters. The maximum Gasteiger partial charge on any atom is 0.106 e. The molecule has 122 valence electrons. The molecule has 1 aliphatic heterocycles. The number of quaternary nitrogens is 1. The Balaban J connectivity index is 1.86. The molecule has 1 fully saturated rings. The van der Waals surface area contributed by atoms with E-state index in [-0.39, 0.29) is 0 Å². The molecule has 0 radical (unpaired) electrons. The summed E-state index contributed by atoms with van der Waals surface area (Å²) in [6.45, 7) is 4.99. The molecule has 2 nitrogen and oxygen atoms in total. The van der Waals surface area contributed by atoms with Crippen LogP contribution >= 0.6 is 23.2 Å². The van der Waals surface area contributed by atoms with Gasteiger partial charge in [-0.2, -0.15) is 0 Å². The molecule has 1 heterocycles. The first-order chi connectivity index (χ1) is 11.1. The van der Waals surface area contributed by atoms with Crippen LogP contribution in [0.15, 0.2) is 48.5 Å². The monoisotopic (exact) mass is 349 g/mol. The Bertz CT molecular complexity index is 660. The van der Waals surface area contributed by atoms with Crippen LogP contribution in [-0.4, -0.2) is 24.1 Å². The van der Waals surface area contributed by atoms with Crippen LogP contribution in [0.5, 0.6) is 0 Å². The minimum atomic E-state index is 0.602. The second kappa shape index (κ2) is 7.23. The standard InChI is InChI=1S/C19H23Cl2N2/c20-18-7-6-17(19(21)10-18)14-23(9-8-16(11-22)13-23)12-15-4-2-1-3-5-15/h1-7,10,16H,8-9,11-14,22H2/q+1/t16-,23?/m0/s1. The Kier molecular flexibility index (Phi) is 5.27. The molecule has 2 aromatic rings. The molecule has 4 heteroatoms. The summed E-state index contributed by atoms with van der Waals surface area (Å²) in [5, 5.41) is 1.45. The second-order valence-electron chi connectivity index (χ2n) is 6.68. The molecule has 0 spiro atoms. The van der Waals surface area contributed by atoms with Crippen molar-refractivity contribution in [2.45, 2.75) is 19.5 Å². The van der Waals surface area contributed by atoms with Crippen molar-refractivity contribution in [2.24, 2.45) is 11.7 Å². The van der Waals surface area contributed by atoms with Crippen LogP contribution in [0.25, 0.3) is 0 Å². The van der Waals surface area contributed by atoms with E-state index in [0.717, 1.165) is 42.2 Å². The number of halogens is 2. The van der Waals surface area contributed by atoms with E-state index in [2.05, 4.69) is 36.4 Å². The molecule has 0 amide bonds. The highest BCUT2D eigenvalue weighted by molar-refractivity contribution is 6.35. The van der Waals surface area contributed by atoms with Crippen LogP contribution in [-0.2, 0) is 13.1 Å². The molecule has 3 rings (SSSR count). The Labute approximate surface area is 148 Å². The summed E-state index contributed by atoms with van der Waals surface area (Å²) in [4.78, 5) is 0. The van der Waals surface area contributed by atoms with E-state index >= 15 is 0 Å². The highest BCUT2D eigenvalue weighted by Gasteiger charge is 2.38. The van der Waals surface area contributed by atoms with Crippen LogP contribution in [0.4, 0.5) is 0 Å². The van der Waals surface area contributed by atoms with Gasteiger partial charge >= 0.3 is 0 Å². The zero-order chi connectivity index (χ0) is 16.3. The van der Waals surface area contributed by atoms with Gasteiger partial charge in [-0.15, -0.1) is 0 Å². The summed E-state index contributed by atoms with van der Waals surface area (Å²) >= 11 is 12.5. The van der Waals surface area contributed by atoms with Crippen molar-refractivity contribution in [1.82, 2.24) is 0 Å². The minimum absolute atomic E-state index is 0.602. The summed E-state index contributed by atoms with van der Waals surface area (Å²) < 4.78 is 1.02. The lowest BCUT2D eigenvalue weighted by Crippen LogP contribution is -2.44. The van der Waals surface area contributed by atoms with Gasteiger partial charge in [-0.05, 0) is 12.1 Å². The van der Waals surface area contributed by atoms with E-state index in [0.29, 0.717) is 10.9 Å². The molecule has 2 aromatic carbocycles. The van der Waals surface area contributed by atoms with E-state index in [9.17, 15) is 0 Å². The summed E-state index contributed by atoms with van der Waals surface area (Å²) in [5.41, 5.74) is 8.48. The van der Waals surface area contributed by atoms with Crippen molar-refractivity contribution in [3.8, 4) is 0 Å². The number of nitrogens with two attached hydrogens (primary N) is 1. The SMILES string of the molecule is NC[C@@H]1CC[N+](Cc2ccccc2)(Cc2ccc(Cl)cc2Cl)C1. The Morgan fingerprint density at radius 2 is 1.83 bits per heavy atom. The molecule has 1 unspecified atom stereocenters. The van der Waals surface area contributed by atoms with Crippen LogP contribution in [0, 0.1) is 5.92 Å². The molecule has 23 heavy (non-hydrogen) atoms. The molecule has 2 N–H and O–H groups in total. The van der Waals surface area contributed by atoms with Gasteiger partial charge in [0.15, 0.2) is 0 Å². The lowest BCUT2D eigenvalue weighted by atomic mass is 10.1. The summed E-state index contributed by atoms with van der Waals surface area (Å²) in [6.07, 6.45) is 1.19. The molecule has 0 aliphatic carbocycles. The third-order valence-corrected chi connectivity index (χ3v) is 5.46. The van der Waals surface area contributed by atoms with Gasteiger partial charge in [0.05, 0.1) is 18.1 Å². The maximum atomic E-state index is 6.42. The summed E-state index contributed by atoms with van der Waals surface area (Å²) in [5.74, 6) is 0.602. The zero-order valence-electron chi connectivity index (χ0n) is 13.2. The molecule has 0 bridgehead atoms. The summed E-state index contributed by atoms with van der Waals surface area (Å²) in [6, 6.07) is 16.5. The number of benzene rings is 2. The predicted octanol–water partition coefficient (Wildman–Crippen LogP) is 4.49. The lowest BCUT2D eigenvalue weighted by Gasteiger charge is -2.35. The quantitative estimate of drug-likeness (QED) is 0.790. The smallest absolute Gasteiger partial charge is 0.106 e. The van der Waals surface area contributed by atoms with E-state index in [1.54, 1.807) is 0 Å². The van der Waals surface area contributed by atoms with E-state index in [1.807, 2.05) is 12.1 Å². The molecule has 1 saturated heterocycles. The van der Waals surface area contributed by atoms with Gasteiger partial charge < -0.3 is 10.2 Å². The minimum Gasteiger partial charge on any atom is -0.330 e. The molecular weight excluding hydrogens is 327 g/mol.